The monoisotopic (exact) mass is 383 g/mol. The van der Waals surface area contributed by atoms with Crippen molar-refractivity contribution in [2.24, 2.45) is 40.4 Å². The van der Waals surface area contributed by atoms with Crippen LogP contribution in [0.25, 0.3) is 0 Å². The van der Waals surface area contributed by atoms with Crippen molar-refractivity contribution in [3.8, 4) is 6.07 Å². The fourth-order valence-corrected chi connectivity index (χ4v) is 8.21. The highest BCUT2D eigenvalue weighted by atomic mass is 16.3. The smallest absolute Gasteiger partial charge is 0.155 e. The Bertz CT molecular complexity index is 706. The molecule has 3 saturated carbocycles. The van der Waals surface area contributed by atoms with E-state index in [1.165, 1.54) is 37.7 Å². The molecule has 3 fully saturated rings. The number of hydrogen-bond acceptors (Lipinski definition) is 3. The van der Waals surface area contributed by atoms with Gasteiger partial charge in [-0.15, -0.1) is 0 Å². The van der Waals surface area contributed by atoms with Crippen LogP contribution in [0.1, 0.15) is 85.0 Å². The van der Waals surface area contributed by atoms with Gasteiger partial charge in [-0.05, 0) is 91.9 Å². The quantitative estimate of drug-likeness (QED) is 0.658. The Morgan fingerprint density at radius 1 is 1.21 bits per heavy atom. The Morgan fingerprint density at radius 2 is 2.00 bits per heavy atom. The van der Waals surface area contributed by atoms with E-state index < -0.39 is 0 Å². The molecule has 4 aliphatic rings. The summed E-state index contributed by atoms with van der Waals surface area (Å²) < 4.78 is 0. The van der Waals surface area contributed by atoms with Crippen molar-refractivity contribution in [2.45, 2.75) is 91.1 Å². The van der Waals surface area contributed by atoms with Gasteiger partial charge >= 0.3 is 0 Å². The first-order valence-electron chi connectivity index (χ1n) is 11.7. The first-order chi connectivity index (χ1) is 13.4. The van der Waals surface area contributed by atoms with E-state index in [0.717, 1.165) is 19.3 Å². The number of hydrogen-bond donors (Lipinski definition) is 1. The van der Waals surface area contributed by atoms with Crippen LogP contribution in [0.3, 0.4) is 0 Å². The molecule has 0 aromatic carbocycles. The fraction of sp³-hybridized carbons (Fsp3) is 0.840. The van der Waals surface area contributed by atoms with Gasteiger partial charge in [-0.25, -0.2) is 0 Å². The van der Waals surface area contributed by atoms with Crippen molar-refractivity contribution >= 4 is 5.78 Å². The molecule has 0 amide bonds. The molecule has 4 aliphatic carbocycles. The summed E-state index contributed by atoms with van der Waals surface area (Å²) in [6, 6.07) is 2.31. The first-order valence-corrected chi connectivity index (χ1v) is 11.7. The fourth-order valence-electron chi connectivity index (χ4n) is 8.21. The summed E-state index contributed by atoms with van der Waals surface area (Å²) in [5.74, 6) is 2.60. The topological polar surface area (TPSA) is 61.1 Å². The Labute approximate surface area is 170 Å². The van der Waals surface area contributed by atoms with E-state index in [0.29, 0.717) is 41.9 Å². The van der Waals surface area contributed by atoms with Crippen LogP contribution in [0.5, 0.6) is 0 Å². The number of nitrogens with zero attached hydrogens (tertiary/aromatic N) is 1. The third-order valence-electron chi connectivity index (χ3n) is 9.70. The van der Waals surface area contributed by atoms with E-state index in [4.69, 9.17) is 5.26 Å². The molecule has 0 aliphatic heterocycles. The normalized spacial score (nSPS) is 47.5. The Balaban J connectivity index is 1.66. The lowest BCUT2D eigenvalue weighted by molar-refractivity contribution is -0.134. The molecule has 0 bridgehead atoms. The molecule has 28 heavy (non-hydrogen) atoms. The predicted molar refractivity (Wildman–Crippen MR) is 110 cm³/mol. The summed E-state index contributed by atoms with van der Waals surface area (Å²) >= 11 is 0. The molecular formula is C25H37NO2. The Morgan fingerprint density at radius 3 is 2.71 bits per heavy atom. The van der Waals surface area contributed by atoms with Gasteiger partial charge in [0, 0.05) is 18.8 Å². The Kier molecular flexibility index (Phi) is 5.24. The van der Waals surface area contributed by atoms with Crippen molar-refractivity contribution in [1.29, 1.82) is 5.26 Å². The van der Waals surface area contributed by atoms with Gasteiger partial charge in [-0.2, -0.15) is 5.26 Å². The number of carbonyl (C=O) groups excluding carboxylic acids is 1. The molecular weight excluding hydrogens is 346 g/mol. The molecule has 0 heterocycles. The largest absolute Gasteiger partial charge is 0.392 e. The zero-order valence-corrected chi connectivity index (χ0v) is 17.9. The van der Waals surface area contributed by atoms with E-state index in [1.54, 1.807) is 0 Å². The standard InChI is InChI=1S/C25H37NO2/c1-4-18-21-15-17(27)10-12-25(21,3)20-11-13-24(2)16(7-5-6-14-26)8-9-19(24)22(20)23(18)28/h15-16,18-20,22-23,28H,4-13H2,1-3H3/t16-,18?,19-,20-,22-,23?,24+,25+/m0/s1. The van der Waals surface area contributed by atoms with Gasteiger partial charge in [0.1, 0.15) is 0 Å². The molecule has 0 aromatic rings. The SMILES string of the molecule is CCC1C2=CC(=O)CC[C@]2(C)[C@H]2CC[C@]3(C)[C@@H](CCCC#N)CC[C@H]3[C@@H]2C1O. The van der Waals surface area contributed by atoms with E-state index >= 15 is 0 Å². The van der Waals surface area contributed by atoms with E-state index in [2.05, 4.69) is 26.8 Å². The van der Waals surface area contributed by atoms with Gasteiger partial charge in [0.2, 0.25) is 0 Å². The number of unbranched alkanes of at least 4 members (excludes halogenated alkanes) is 1. The maximum absolute atomic E-state index is 12.2. The van der Waals surface area contributed by atoms with Crippen LogP contribution < -0.4 is 0 Å². The highest BCUT2D eigenvalue weighted by Gasteiger charge is 2.62. The molecule has 3 heteroatoms. The predicted octanol–water partition coefficient (Wildman–Crippen LogP) is 5.44. The highest BCUT2D eigenvalue weighted by molar-refractivity contribution is 5.91. The van der Waals surface area contributed by atoms with Crippen molar-refractivity contribution < 1.29 is 9.90 Å². The number of aliphatic hydroxyl groups is 1. The third-order valence-corrected chi connectivity index (χ3v) is 9.70. The van der Waals surface area contributed by atoms with E-state index in [-0.39, 0.29) is 23.2 Å². The summed E-state index contributed by atoms with van der Waals surface area (Å²) in [4.78, 5) is 12.2. The lowest BCUT2D eigenvalue weighted by Crippen LogP contribution is -2.58. The van der Waals surface area contributed by atoms with Gasteiger partial charge in [0.15, 0.2) is 5.78 Å². The molecule has 154 valence electrons. The second-order valence-corrected chi connectivity index (χ2v) is 10.6. The van der Waals surface area contributed by atoms with Gasteiger partial charge in [0.25, 0.3) is 0 Å². The summed E-state index contributed by atoms with van der Waals surface area (Å²) in [5, 5.41) is 20.5. The summed E-state index contributed by atoms with van der Waals surface area (Å²) in [6.45, 7) is 7.07. The zero-order valence-electron chi connectivity index (χ0n) is 17.9. The lowest BCUT2D eigenvalue weighted by Gasteiger charge is -2.61. The average Bonchev–Trinajstić information content (AvgIpc) is 3.00. The molecule has 3 nitrogen and oxygen atoms in total. The minimum atomic E-state index is -0.303. The highest BCUT2D eigenvalue weighted by Crippen LogP contribution is 2.68. The van der Waals surface area contributed by atoms with Crippen LogP contribution >= 0.6 is 0 Å². The van der Waals surface area contributed by atoms with Crippen LogP contribution in [0.15, 0.2) is 11.6 Å². The zero-order chi connectivity index (χ0) is 20.1. The van der Waals surface area contributed by atoms with Crippen LogP contribution in [-0.2, 0) is 4.79 Å². The summed E-state index contributed by atoms with van der Waals surface area (Å²) in [6.07, 6.45) is 12.0. The number of nitriles is 1. The molecule has 0 radical (unpaired) electrons. The average molecular weight is 384 g/mol. The van der Waals surface area contributed by atoms with Crippen molar-refractivity contribution in [2.75, 3.05) is 0 Å². The molecule has 0 saturated heterocycles. The summed E-state index contributed by atoms with van der Waals surface area (Å²) in [7, 11) is 0. The van der Waals surface area contributed by atoms with Crippen molar-refractivity contribution in [1.82, 2.24) is 0 Å². The van der Waals surface area contributed by atoms with Crippen molar-refractivity contribution in [3.05, 3.63) is 11.6 Å². The van der Waals surface area contributed by atoms with Gasteiger partial charge in [-0.1, -0.05) is 26.3 Å². The van der Waals surface area contributed by atoms with Crippen LogP contribution in [-0.4, -0.2) is 17.0 Å². The van der Waals surface area contributed by atoms with Crippen molar-refractivity contribution in [3.63, 3.8) is 0 Å². The van der Waals surface area contributed by atoms with E-state index in [9.17, 15) is 9.90 Å². The minimum Gasteiger partial charge on any atom is -0.392 e. The maximum atomic E-state index is 12.2. The van der Waals surface area contributed by atoms with Crippen LogP contribution in [0.2, 0.25) is 0 Å². The number of aliphatic hydroxyl groups excluding tert-OH is 1. The minimum absolute atomic E-state index is 0.0959. The molecule has 4 rings (SSSR count). The summed E-state index contributed by atoms with van der Waals surface area (Å²) in [5.41, 5.74) is 1.68. The number of fused-ring (bicyclic) bond motifs is 5. The number of ketones is 1. The Hall–Kier alpha value is -1.14. The molecule has 0 aromatic heterocycles. The molecule has 1 N–H and O–H groups in total. The van der Waals surface area contributed by atoms with Gasteiger partial charge in [-0.3, -0.25) is 4.79 Å². The first kappa shape index (κ1) is 20.1. The number of rotatable bonds is 4. The third kappa shape index (κ3) is 2.82. The molecule has 2 unspecified atom stereocenters. The van der Waals surface area contributed by atoms with Gasteiger partial charge < -0.3 is 5.11 Å². The lowest BCUT2D eigenvalue weighted by atomic mass is 9.44. The second-order valence-electron chi connectivity index (χ2n) is 10.6. The second kappa shape index (κ2) is 7.28. The van der Waals surface area contributed by atoms with Crippen LogP contribution in [0.4, 0.5) is 0 Å². The number of carbonyl (C=O) groups is 1. The van der Waals surface area contributed by atoms with Crippen LogP contribution in [0, 0.1) is 51.8 Å². The molecule has 8 atom stereocenters. The van der Waals surface area contributed by atoms with E-state index in [1.807, 2.05) is 6.08 Å². The van der Waals surface area contributed by atoms with Gasteiger partial charge in [0.05, 0.1) is 12.2 Å². The molecule has 0 spiro atoms. The maximum Gasteiger partial charge on any atom is 0.155 e.